The molecule has 0 aromatic heterocycles. The van der Waals surface area contributed by atoms with E-state index in [1.165, 1.54) is 32.4 Å². The average molecular weight is 394 g/mol. The molecule has 0 saturated heterocycles. The fourth-order valence-electron chi connectivity index (χ4n) is 2.66. The van der Waals surface area contributed by atoms with Gasteiger partial charge in [-0.2, -0.15) is 0 Å². The lowest BCUT2D eigenvalue weighted by atomic mass is 10.1. The summed E-state index contributed by atoms with van der Waals surface area (Å²) in [5.41, 5.74) is 1.37. The second kappa shape index (κ2) is 8.88. The van der Waals surface area contributed by atoms with Gasteiger partial charge in [0, 0.05) is 16.9 Å². The first kappa shape index (κ1) is 19.9. The fraction of sp³-hybridized carbons (Fsp3) is 0.0909. The van der Waals surface area contributed by atoms with Gasteiger partial charge < -0.3 is 20.1 Å². The zero-order valence-electron chi connectivity index (χ0n) is 15.9. The van der Waals surface area contributed by atoms with Crippen molar-refractivity contribution in [2.24, 2.45) is 0 Å². The normalized spacial score (nSPS) is 10.2. The maximum absolute atomic E-state index is 13.7. The van der Waals surface area contributed by atoms with Crippen LogP contribution in [0.1, 0.15) is 20.7 Å². The molecule has 6 nitrogen and oxygen atoms in total. The minimum atomic E-state index is -0.594. The SMILES string of the molecule is COc1ccc(C(=O)Nc2ccc(NC(=O)c3ccccc3F)cc2)cc1OC. The molecule has 0 fully saturated rings. The molecule has 0 saturated carbocycles. The highest BCUT2D eigenvalue weighted by molar-refractivity contribution is 6.06. The van der Waals surface area contributed by atoms with E-state index in [-0.39, 0.29) is 11.5 Å². The van der Waals surface area contributed by atoms with Crippen molar-refractivity contribution in [2.45, 2.75) is 0 Å². The summed E-state index contributed by atoms with van der Waals surface area (Å²) in [6.45, 7) is 0. The number of carbonyl (C=O) groups excluding carboxylic acids is 2. The van der Waals surface area contributed by atoms with E-state index in [9.17, 15) is 14.0 Å². The number of hydrogen-bond donors (Lipinski definition) is 2. The molecule has 0 aliphatic heterocycles. The van der Waals surface area contributed by atoms with Gasteiger partial charge in [-0.25, -0.2) is 4.39 Å². The van der Waals surface area contributed by atoms with Crippen LogP contribution in [0.4, 0.5) is 15.8 Å². The van der Waals surface area contributed by atoms with Crippen molar-refractivity contribution in [3.63, 3.8) is 0 Å². The van der Waals surface area contributed by atoms with Crippen molar-refractivity contribution in [1.82, 2.24) is 0 Å². The lowest BCUT2D eigenvalue weighted by Crippen LogP contribution is -2.14. The number of hydrogen-bond acceptors (Lipinski definition) is 4. The molecule has 0 radical (unpaired) electrons. The standard InChI is InChI=1S/C22H19FN2O4/c1-28-19-12-7-14(13-20(19)29-2)21(26)24-15-8-10-16(11-9-15)25-22(27)17-5-3-4-6-18(17)23/h3-13H,1-2H3,(H,24,26)(H,25,27). The van der Waals surface area contributed by atoms with E-state index in [0.29, 0.717) is 28.4 Å². The van der Waals surface area contributed by atoms with Crippen molar-refractivity contribution in [1.29, 1.82) is 0 Å². The van der Waals surface area contributed by atoms with Crippen molar-refractivity contribution in [3.05, 3.63) is 83.7 Å². The van der Waals surface area contributed by atoms with Crippen LogP contribution < -0.4 is 20.1 Å². The Morgan fingerprint density at radius 2 is 1.34 bits per heavy atom. The van der Waals surface area contributed by atoms with Gasteiger partial charge in [-0.15, -0.1) is 0 Å². The van der Waals surface area contributed by atoms with Crippen LogP contribution in [0.5, 0.6) is 11.5 Å². The Hall–Kier alpha value is -3.87. The second-order valence-electron chi connectivity index (χ2n) is 6.04. The molecule has 0 unspecified atom stereocenters. The summed E-state index contributed by atoms with van der Waals surface area (Å²) in [5, 5.41) is 5.38. The quantitative estimate of drug-likeness (QED) is 0.652. The molecule has 7 heteroatoms. The summed E-state index contributed by atoms with van der Waals surface area (Å²) in [6.07, 6.45) is 0. The van der Waals surface area contributed by atoms with Crippen LogP contribution >= 0.6 is 0 Å². The highest BCUT2D eigenvalue weighted by atomic mass is 19.1. The Morgan fingerprint density at radius 1 is 0.759 bits per heavy atom. The van der Waals surface area contributed by atoms with Crippen LogP contribution in [0.25, 0.3) is 0 Å². The highest BCUT2D eigenvalue weighted by Crippen LogP contribution is 2.28. The minimum absolute atomic E-state index is 0.0432. The number of benzene rings is 3. The van der Waals surface area contributed by atoms with Crippen LogP contribution in [0.2, 0.25) is 0 Å². The third kappa shape index (κ3) is 4.70. The summed E-state index contributed by atoms with van der Waals surface area (Å²) in [5.74, 6) is -0.492. The van der Waals surface area contributed by atoms with Crippen molar-refractivity contribution < 1.29 is 23.5 Å². The van der Waals surface area contributed by atoms with E-state index in [1.807, 2.05) is 0 Å². The molecule has 3 rings (SSSR count). The average Bonchev–Trinajstić information content (AvgIpc) is 2.74. The van der Waals surface area contributed by atoms with Gasteiger partial charge in [0.15, 0.2) is 11.5 Å². The van der Waals surface area contributed by atoms with Gasteiger partial charge in [0.2, 0.25) is 0 Å². The number of anilines is 2. The Bertz CT molecular complexity index is 1040. The van der Waals surface area contributed by atoms with Crippen LogP contribution in [0, 0.1) is 5.82 Å². The lowest BCUT2D eigenvalue weighted by molar-refractivity contribution is 0.101. The maximum Gasteiger partial charge on any atom is 0.258 e. The molecule has 29 heavy (non-hydrogen) atoms. The zero-order chi connectivity index (χ0) is 20.8. The molecule has 2 N–H and O–H groups in total. The van der Waals surface area contributed by atoms with Crippen LogP contribution in [0.15, 0.2) is 66.7 Å². The molecule has 0 bridgehead atoms. The smallest absolute Gasteiger partial charge is 0.258 e. The van der Waals surface area contributed by atoms with E-state index >= 15 is 0 Å². The number of amides is 2. The van der Waals surface area contributed by atoms with Gasteiger partial charge in [-0.3, -0.25) is 9.59 Å². The van der Waals surface area contributed by atoms with Crippen LogP contribution in [0.3, 0.4) is 0 Å². The predicted molar refractivity (Wildman–Crippen MR) is 108 cm³/mol. The van der Waals surface area contributed by atoms with E-state index in [1.54, 1.807) is 48.5 Å². The molecule has 0 atom stereocenters. The van der Waals surface area contributed by atoms with Crippen molar-refractivity contribution in [3.8, 4) is 11.5 Å². The molecular weight excluding hydrogens is 375 g/mol. The highest BCUT2D eigenvalue weighted by Gasteiger charge is 2.13. The molecule has 3 aromatic rings. The van der Waals surface area contributed by atoms with Gasteiger partial charge in [-0.1, -0.05) is 12.1 Å². The van der Waals surface area contributed by atoms with Gasteiger partial charge >= 0.3 is 0 Å². The summed E-state index contributed by atoms with van der Waals surface area (Å²) >= 11 is 0. The third-order valence-corrected chi connectivity index (χ3v) is 4.16. The minimum Gasteiger partial charge on any atom is -0.493 e. The number of carbonyl (C=O) groups is 2. The first-order valence-electron chi connectivity index (χ1n) is 8.71. The molecule has 0 spiro atoms. The lowest BCUT2D eigenvalue weighted by Gasteiger charge is -2.11. The topological polar surface area (TPSA) is 76.7 Å². The Morgan fingerprint density at radius 3 is 1.93 bits per heavy atom. The fourth-order valence-corrected chi connectivity index (χ4v) is 2.66. The predicted octanol–water partition coefficient (Wildman–Crippen LogP) is 4.35. The van der Waals surface area contributed by atoms with Gasteiger partial charge in [0.25, 0.3) is 11.8 Å². The number of rotatable bonds is 6. The summed E-state index contributed by atoms with van der Waals surface area (Å²) in [4.78, 5) is 24.6. The van der Waals surface area contributed by atoms with Crippen LogP contribution in [-0.4, -0.2) is 26.0 Å². The van der Waals surface area contributed by atoms with Gasteiger partial charge in [0.1, 0.15) is 5.82 Å². The van der Waals surface area contributed by atoms with Crippen molar-refractivity contribution >= 4 is 23.2 Å². The number of halogens is 1. The van der Waals surface area contributed by atoms with E-state index in [4.69, 9.17) is 9.47 Å². The third-order valence-electron chi connectivity index (χ3n) is 4.16. The molecule has 0 heterocycles. The number of nitrogens with one attached hydrogen (secondary N) is 2. The Labute approximate surface area is 167 Å². The zero-order valence-corrected chi connectivity index (χ0v) is 15.9. The molecule has 148 valence electrons. The van der Waals surface area contributed by atoms with E-state index in [2.05, 4.69) is 10.6 Å². The summed E-state index contributed by atoms with van der Waals surface area (Å²) in [6, 6.07) is 17.1. The number of ether oxygens (including phenoxy) is 2. The molecule has 2 amide bonds. The summed E-state index contributed by atoms with van der Waals surface area (Å²) < 4.78 is 24.0. The molecule has 0 aliphatic carbocycles. The summed E-state index contributed by atoms with van der Waals surface area (Å²) in [7, 11) is 3.01. The molecule has 0 aliphatic rings. The van der Waals surface area contributed by atoms with Crippen molar-refractivity contribution in [2.75, 3.05) is 24.9 Å². The van der Waals surface area contributed by atoms with E-state index in [0.717, 1.165) is 0 Å². The van der Waals surface area contributed by atoms with Gasteiger partial charge in [-0.05, 0) is 54.6 Å². The Balaban J connectivity index is 1.67. The number of methoxy groups -OCH3 is 2. The van der Waals surface area contributed by atoms with E-state index < -0.39 is 11.7 Å². The van der Waals surface area contributed by atoms with Crippen LogP contribution in [-0.2, 0) is 0 Å². The second-order valence-corrected chi connectivity index (χ2v) is 6.04. The first-order chi connectivity index (χ1) is 14.0. The maximum atomic E-state index is 13.7. The first-order valence-corrected chi connectivity index (χ1v) is 8.71. The Kier molecular flexibility index (Phi) is 6.09. The van der Waals surface area contributed by atoms with Gasteiger partial charge in [0.05, 0.1) is 19.8 Å². The monoisotopic (exact) mass is 394 g/mol. The molecular formula is C22H19FN2O4. The largest absolute Gasteiger partial charge is 0.493 e. The molecule has 3 aromatic carbocycles.